The van der Waals surface area contributed by atoms with E-state index in [1.165, 1.54) is 48.0 Å². The number of rotatable bonds is 5. The van der Waals surface area contributed by atoms with E-state index in [0.29, 0.717) is 0 Å². The fourth-order valence-electron chi connectivity index (χ4n) is 9.00. The van der Waals surface area contributed by atoms with Crippen LogP contribution in [0.1, 0.15) is 34.4 Å². The van der Waals surface area contributed by atoms with Crippen molar-refractivity contribution in [3.63, 3.8) is 0 Å². The lowest BCUT2D eigenvalue weighted by Gasteiger charge is -2.30. The Hall–Kier alpha value is -6.82. The Morgan fingerprint density at radius 3 is 2.15 bits per heavy atom. The number of fused-ring (bicyclic) bond motifs is 10. The Morgan fingerprint density at radius 2 is 1.25 bits per heavy atom. The van der Waals surface area contributed by atoms with Gasteiger partial charge in [0.1, 0.15) is 16.9 Å². The Labute approximate surface area is 321 Å². The number of hydrogen-bond acceptors (Lipinski definition) is 5. The van der Waals surface area contributed by atoms with Crippen molar-refractivity contribution >= 4 is 76.2 Å². The standard InChI is InChI=1S/C50H32N2O2S/c1-3-13-30(14-4-1)47-36-19-8-7-17-33(36)37-20-11-21-41(49(37)47)52(32-25-26-35-34-18-9-10-24-45(34)55-46(35)27-32)40-22-12-23-42-48(40)38-28-39-44(29-43(38)53-42)54-50(51-39)31-15-5-2-6-16-31/h1-29,47,50-51H. The first-order chi connectivity index (χ1) is 27.3. The molecule has 3 heterocycles. The van der Waals surface area contributed by atoms with E-state index in [4.69, 9.17) is 9.15 Å². The molecular formula is C50H32N2O2S. The highest BCUT2D eigenvalue weighted by Crippen LogP contribution is 2.55. The highest BCUT2D eigenvalue weighted by molar-refractivity contribution is 7.25. The van der Waals surface area contributed by atoms with Gasteiger partial charge in [0.25, 0.3) is 0 Å². The summed E-state index contributed by atoms with van der Waals surface area (Å²) in [5.41, 5.74) is 13.4. The van der Waals surface area contributed by atoms with Gasteiger partial charge in [0.2, 0.25) is 0 Å². The van der Waals surface area contributed by atoms with E-state index < -0.39 is 0 Å². The highest BCUT2D eigenvalue weighted by Gasteiger charge is 2.35. The summed E-state index contributed by atoms with van der Waals surface area (Å²) in [7, 11) is 0. The number of anilines is 4. The molecule has 0 saturated heterocycles. The Balaban J connectivity index is 1.12. The van der Waals surface area contributed by atoms with Crippen molar-refractivity contribution in [2.45, 2.75) is 12.1 Å². The molecule has 0 spiro atoms. The molecular weight excluding hydrogens is 693 g/mol. The average Bonchev–Trinajstić information content (AvgIpc) is 4.01. The molecule has 1 aliphatic carbocycles. The number of furan rings is 1. The molecule has 55 heavy (non-hydrogen) atoms. The Morgan fingerprint density at radius 1 is 0.527 bits per heavy atom. The third-order valence-electron chi connectivity index (χ3n) is 11.4. The molecule has 5 heteroatoms. The first-order valence-electron chi connectivity index (χ1n) is 18.7. The molecule has 0 saturated carbocycles. The van der Waals surface area contributed by atoms with E-state index in [1.54, 1.807) is 0 Å². The molecule has 2 atom stereocenters. The van der Waals surface area contributed by atoms with Gasteiger partial charge in [-0.05, 0) is 70.3 Å². The van der Waals surface area contributed by atoms with E-state index >= 15 is 0 Å². The van der Waals surface area contributed by atoms with Gasteiger partial charge in [-0.25, -0.2) is 0 Å². The fraction of sp³-hybridized carbons (Fsp3) is 0.0400. The van der Waals surface area contributed by atoms with Crippen molar-refractivity contribution in [2.24, 2.45) is 0 Å². The van der Waals surface area contributed by atoms with E-state index in [9.17, 15) is 0 Å². The first-order valence-corrected chi connectivity index (χ1v) is 19.5. The van der Waals surface area contributed by atoms with Gasteiger partial charge in [0, 0.05) is 48.8 Å². The maximum absolute atomic E-state index is 6.69. The second-order valence-corrected chi connectivity index (χ2v) is 15.5. The second-order valence-electron chi connectivity index (χ2n) is 14.4. The molecule has 0 bridgehead atoms. The van der Waals surface area contributed by atoms with E-state index in [-0.39, 0.29) is 12.1 Å². The molecule has 2 aromatic heterocycles. The number of nitrogens with one attached hydrogen (secondary N) is 1. The zero-order valence-corrected chi connectivity index (χ0v) is 30.4. The van der Waals surface area contributed by atoms with Gasteiger partial charge in [-0.2, -0.15) is 0 Å². The van der Waals surface area contributed by atoms with Crippen LogP contribution in [0.25, 0.3) is 53.2 Å². The van der Waals surface area contributed by atoms with E-state index in [2.05, 4.69) is 162 Å². The normalized spacial score (nSPS) is 15.6. The van der Waals surface area contributed by atoms with Crippen LogP contribution >= 0.6 is 11.3 Å². The number of ether oxygens (including phenoxy) is 1. The molecule has 0 radical (unpaired) electrons. The Bertz CT molecular complexity index is 3130. The summed E-state index contributed by atoms with van der Waals surface area (Å²) in [5, 5.41) is 8.30. The molecule has 4 nitrogen and oxygen atoms in total. The quantitative estimate of drug-likeness (QED) is 0.192. The molecule has 2 unspecified atom stereocenters. The molecule has 0 amide bonds. The summed E-state index contributed by atoms with van der Waals surface area (Å²) in [6.07, 6.45) is -0.263. The zero-order chi connectivity index (χ0) is 36.0. The third kappa shape index (κ3) is 4.63. The zero-order valence-electron chi connectivity index (χ0n) is 29.6. The van der Waals surface area contributed by atoms with Gasteiger partial charge in [0.05, 0.1) is 22.4 Å². The van der Waals surface area contributed by atoms with Crippen LogP contribution in [0.4, 0.5) is 22.7 Å². The van der Waals surface area contributed by atoms with Gasteiger partial charge < -0.3 is 19.4 Å². The van der Waals surface area contributed by atoms with E-state index in [0.717, 1.165) is 56.0 Å². The highest BCUT2D eigenvalue weighted by atomic mass is 32.1. The second kappa shape index (κ2) is 11.8. The van der Waals surface area contributed by atoms with Crippen molar-refractivity contribution < 1.29 is 9.15 Å². The van der Waals surface area contributed by atoms with Crippen molar-refractivity contribution in [1.82, 2.24) is 0 Å². The number of nitrogens with zero attached hydrogens (tertiary/aromatic N) is 1. The topological polar surface area (TPSA) is 37.6 Å². The predicted molar refractivity (Wildman–Crippen MR) is 228 cm³/mol. The van der Waals surface area contributed by atoms with Crippen molar-refractivity contribution in [3.8, 4) is 16.9 Å². The maximum atomic E-state index is 6.69. The SMILES string of the molecule is c1ccc(C2Nc3cc4c(cc3O2)oc2cccc(N(c3ccc5c(c3)sc3ccccc35)c3cccc5c3C(c3ccccc3)c3ccccc3-5)c24)cc1. The van der Waals surface area contributed by atoms with Gasteiger partial charge in [-0.1, -0.05) is 127 Å². The molecule has 10 aromatic rings. The largest absolute Gasteiger partial charge is 0.464 e. The Kier molecular flexibility index (Phi) is 6.59. The van der Waals surface area contributed by atoms with Crippen LogP contribution in [-0.2, 0) is 0 Å². The summed E-state index contributed by atoms with van der Waals surface area (Å²) < 4.78 is 15.7. The van der Waals surface area contributed by atoms with Crippen LogP contribution in [-0.4, -0.2) is 0 Å². The molecule has 12 rings (SSSR count). The van der Waals surface area contributed by atoms with Gasteiger partial charge in [-0.3, -0.25) is 0 Å². The fourth-order valence-corrected chi connectivity index (χ4v) is 10.1. The minimum atomic E-state index is -0.263. The van der Waals surface area contributed by atoms with Crippen molar-refractivity contribution in [2.75, 3.05) is 10.2 Å². The van der Waals surface area contributed by atoms with Crippen molar-refractivity contribution in [3.05, 3.63) is 198 Å². The monoisotopic (exact) mass is 724 g/mol. The van der Waals surface area contributed by atoms with Crippen LogP contribution in [0.2, 0.25) is 0 Å². The molecule has 0 fully saturated rings. The lowest BCUT2D eigenvalue weighted by molar-refractivity contribution is 0.260. The van der Waals surface area contributed by atoms with Crippen LogP contribution in [0.5, 0.6) is 5.75 Å². The van der Waals surface area contributed by atoms with Crippen LogP contribution in [0.3, 0.4) is 0 Å². The molecule has 2 aliphatic rings. The summed E-state index contributed by atoms with van der Waals surface area (Å²) in [6.45, 7) is 0. The van der Waals surface area contributed by atoms with Crippen molar-refractivity contribution in [1.29, 1.82) is 0 Å². The average molecular weight is 725 g/mol. The minimum Gasteiger partial charge on any atom is -0.464 e. The van der Waals surface area contributed by atoms with E-state index in [1.807, 2.05) is 35.6 Å². The smallest absolute Gasteiger partial charge is 0.196 e. The summed E-state index contributed by atoms with van der Waals surface area (Å²) in [4.78, 5) is 2.48. The number of thiophene rings is 1. The summed E-state index contributed by atoms with van der Waals surface area (Å²) in [6, 6.07) is 63.3. The summed E-state index contributed by atoms with van der Waals surface area (Å²) in [5.74, 6) is 0.859. The minimum absolute atomic E-state index is 0.0685. The predicted octanol–water partition coefficient (Wildman–Crippen LogP) is 14.1. The van der Waals surface area contributed by atoms with Gasteiger partial charge in [0.15, 0.2) is 6.23 Å². The number of benzene rings is 8. The van der Waals surface area contributed by atoms with Crippen LogP contribution in [0.15, 0.2) is 180 Å². The number of hydrogen-bond donors (Lipinski definition) is 1. The maximum Gasteiger partial charge on any atom is 0.196 e. The lowest BCUT2D eigenvalue weighted by atomic mass is 9.88. The van der Waals surface area contributed by atoms with Gasteiger partial charge in [-0.15, -0.1) is 11.3 Å². The summed E-state index contributed by atoms with van der Waals surface area (Å²) >= 11 is 1.85. The molecule has 1 aliphatic heterocycles. The van der Waals surface area contributed by atoms with Crippen LogP contribution < -0.4 is 15.0 Å². The molecule has 260 valence electrons. The molecule has 1 N–H and O–H groups in total. The lowest BCUT2D eigenvalue weighted by Crippen LogP contribution is -2.14. The van der Waals surface area contributed by atoms with Gasteiger partial charge >= 0.3 is 0 Å². The molecule has 8 aromatic carbocycles. The van der Waals surface area contributed by atoms with Crippen LogP contribution in [0, 0.1) is 0 Å². The third-order valence-corrected chi connectivity index (χ3v) is 12.5. The first kappa shape index (κ1) is 30.6.